The molecule has 2 nitrogen and oxygen atoms in total. The smallest absolute Gasteiger partial charge is 0.126 e. The molecule has 2 rings (SSSR count). The van der Waals surface area contributed by atoms with E-state index >= 15 is 0 Å². The van der Waals surface area contributed by atoms with Crippen molar-refractivity contribution in [1.82, 2.24) is 5.32 Å². The molecule has 1 aromatic rings. The van der Waals surface area contributed by atoms with Crippen molar-refractivity contribution in [3.8, 4) is 0 Å². The molecule has 0 bridgehead atoms. The zero-order chi connectivity index (χ0) is 15.1. The van der Waals surface area contributed by atoms with Gasteiger partial charge in [-0.15, -0.1) is 0 Å². The van der Waals surface area contributed by atoms with Crippen molar-refractivity contribution in [2.75, 3.05) is 7.05 Å². The van der Waals surface area contributed by atoms with Gasteiger partial charge in [-0.3, -0.25) is 0 Å². The average Bonchev–Trinajstić information content (AvgIpc) is 2.53. The van der Waals surface area contributed by atoms with Crippen LogP contribution in [0.4, 0.5) is 4.39 Å². The highest BCUT2D eigenvalue weighted by atomic mass is 19.1. The van der Waals surface area contributed by atoms with Gasteiger partial charge in [0.15, 0.2) is 0 Å². The molecule has 0 spiro atoms. The van der Waals surface area contributed by atoms with E-state index in [-0.39, 0.29) is 23.1 Å². The van der Waals surface area contributed by atoms with Crippen LogP contribution in [0, 0.1) is 18.7 Å². The summed E-state index contributed by atoms with van der Waals surface area (Å²) in [5, 5.41) is 3.40. The fourth-order valence-electron chi connectivity index (χ4n) is 3.59. The van der Waals surface area contributed by atoms with E-state index in [2.05, 4.69) is 33.0 Å². The third kappa shape index (κ3) is 2.89. The number of ether oxygens (including phenoxy) is 1. The Labute approximate surface area is 121 Å². The van der Waals surface area contributed by atoms with Gasteiger partial charge in [-0.25, -0.2) is 4.39 Å². The first kappa shape index (κ1) is 15.5. The van der Waals surface area contributed by atoms with E-state index in [1.807, 2.05) is 26.1 Å². The van der Waals surface area contributed by atoms with Crippen molar-refractivity contribution < 1.29 is 9.13 Å². The second kappa shape index (κ2) is 5.12. The van der Waals surface area contributed by atoms with Gasteiger partial charge in [-0.1, -0.05) is 12.1 Å². The fraction of sp³-hybridized carbons (Fsp3) is 0.647. The van der Waals surface area contributed by atoms with Crippen molar-refractivity contribution in [1.29, 1.82) is 0 Å². The van der Waals surface area contributed by atoms with Gasteiger partial charge in [0.2, 0.25) is 0 Å². The molecule has 2 atom stereocenters. The van der Waals surface area contributed by atoms with Crippen molar-refractivity contribution in [3.05, 3.63) is 35.1 Å². The maximum Gasteiger partial charge on any atom is 0.126 e. The Morgan fingerprint density at radius 1 is 1.30 bits per heavy atom. The molecule has 0 aliphatic carbocycles. The van der Waals surface area contributed by atoms with Crippen LogP contribution in [-0.4, -0.2) is 18.2 Å². The molecule has 20 heavy (non-hydrogen) atoms. The summed E-state index contributed by atoms with van der Waals surface area (Å²) in [6.45, 7) is 10.4. The average molecular weight is 279 g/mol. The van der Waals surface area contributed by atoms with Crippen LogP contribution in [0.3, 0.4) is 0 Å². The van der Waals surface area contributed by atoms with Gasteiger partial charge < -0.3 is 10.1 Å². The standard InChI is InChI=1S/C17H26FNO/c1-11-9-12(7-8-14(11)18)15(19-6)13-10-16(2,3)20-17(13,4)5/h7-9,13,15,19H,10H2,1-6H3. The summed E-state index contributed by atoms with van der Waals surface area (Å²) >= 11 is 0. The van der Waals surface area contributed by atoms with Gasteiger partial charge >= 0.3 is 0 Å². The second-order valence-corrected chi connectivity index (χ2v) is 7.05. The number of benzene rings is 1. The quantitative estimate of drug-likeness (QED) is 0.903. The number of nitrogens with one attached hydrogen (secondary N) is 1. The minimum absolute atomic E-state index is 0.113. The number of rotatable bonds is 3. The summed E-state index contributed by atoms with van der Waals surface area (Å²) in [6, 6.07) is 5.55. The topological polar surface area (TPSA) is 21.3 Å². The lowest BCUT2D eigenvalue weighted by molar-refractivity contribution is -0.0776. The summed E-state index contributed by atoms with van der Waals surface area (Å²) in [6.07, 6.45) is 0.988. The maximum atomic E-state index is 13.5. The highest BCUT2D eigenvalue weighted by molar-refractivity contribution is 5.28. The lowest BCUT2D eigenvalue weighted by atomic mass is 9.78. The van der Waals surface area contributed by atoms with E-state index in [0.29, 0.717) is 11.5 Å². The van der Waals surface area contributed by atoms with E-state index in [0.717, 1.165) is 12.0 Å². The Kier molecular flexibility index (Phi) is 3.96. The summed E-state index contributed by atoms with van der Waals surface area (Å²) in [7, 11) is 1.96. The molecule has 3 heteroatoms. The van der Waals surface area contributed by atoms with Crippen LogP contribution < -0.4 is 5.32 Å². The van der Waals surface area contributed by atoms with Crippen molar-refractivity contribution >= 4 is 0 Å². The molecule has 0 saturated carbocycles. The summed E-state index contributed by atoms with van der Waals surface area (Å²) in [4.78, 5) is 0. The number of halogens is 1. The molecule has 1 aliphatic rings. The monoisotopic (exact) mass is 279 g/mol. The van der Waals surface area contributed by atoms with Gasteiger partial charge in [0.05, 0.1) is 11.2 Å². The SMILES string of the molecule is CNC(c1ccc(F)c(C)c1)C1CC(C)(C)OC1(C)C. The van der Waals surface area contributed by atoms with Gasteiger partial charge in [0.25, 0.3) is 0 Å². The van der Waals surface area contributed by atoms with Gasteiger partial charge in [0, 0.05) is 12.0 Å². The Balaban J connectivity index is 2.35. The predicted octanol–water partition coefficient (Wildman–Crippen LogP) is 3.99. The third-order valence-electron chi connectivity index (χ3n) is 4.40. The molecular formula is C17H26FNO. The Morgan fingerprint density at radius 2 is 1.95 bits per heavy atom. The van der Waals surface area contributed by atoms with Crippen LogP contribution >= 0.6 is 0 Å². The normalized spacial score (nSPS) is 25.6. The Morgan fingerprint density at radius 3 is 2.40 bits per heavy atom. The fourth-order valence-corrected chi connectivity index (χ4v) is 3.59. The summed E-state index contributed by atoms with van der Waals surface area (Å²) in [5.41, 5.74) is 1.52. The number of hydrogen-bond acceptors (Lipinski definition) is 2. The Bertz CT molecular complexity index is 496. The number of hydrogen-bond donors (Lipinski definition) is 1. The lowest BCUT2D eigenvalue weighted by Gasteiger charge is -2.33. The highest BCUT2D eigenvalue weighted by Gasteiger charge is 2.49. The zero-order valence-electron chi connectivity index (χ0n) is 13.4. The summed E-state index contributed by atoms with van der Waals surface area (Å²) in [5.74, 6) is 0.207. The lowest BCUT2D eigenvalue weighted by Crippen LogP contribution is -2.37. The molecule has 1 heterocycles. The Hall–Kier alpha value is -0.930. The third-order valence-corrected chi connectivity index (χ3v) is 4.40. The predicted molar refractivity (Wildman–Crippen MR) is 80.3 cm³/mol. The van der Waals surface area contributed by atoms with Crippen LogP contribution in [0.15, 0.2) is 18.2 Å². The molecule has 1 N–H and O–H groups in total. The van der Waals surface area contributed by atoms with E-state index in [4.69, 9.17) is 4.74 Å². The first-order valence-corrected chi connectivity index (χ1v) is 7.30. The number of aryl methyl sites for hydroxylation is 1. The zero-order valence-corrected chi connectivity index (χ0v) is 13.4. The first-order chi connectivity index (χ1) is 9.16. The van der Waals surface area contributed by atoms with E-state index < -0.39 is 0 Å². The first-order valence-electron chi connectivity index (χ1n) is 7.30. The molecule has 1 saturated heterocycles. The van der Waals surface area contributed by atoms with Crippen molar-refractivity contribution in [3.63, 3.8) is 0 Å². The van der Waals surface area contributed by atoms with Crippen LogP contribution in [-0.2, 0) is 4.74 Å². The molecule has 2 unspecified atom stereocenters. The van der Waals surface area contributed by atoms with Crippen LogP contribution in [0.2, 0.25) is 0 Å². The van der Waals surface area contributed by atoms with Gasteiger partial charge in [0.1, 0.15) is 5.82 Å². The molecule has 1 fully saturated rings. The second-order valence-electron chi connectivity index (χ2n) is 7.05. The molecule has 0 radical (unpaired) electrons. The molecule has 0 amide bonds. The molecule has 112 valence electrons. The van der Waals surface area contributed by atoms with E-state index in [1.54, 1.807) is 6.07 Å². The van der Waals surface area contributed by atoms with Gasteiger partial charge in [-0.05, 0) is 65.3 Å². The van der Waals surface area contributed by atoms with Crippen molar-refractivity contribution in [2.24, 2.45) is 5.92 Å². The largest absolute Gasteiger partial charge is 0.369 e. The molecular weight excluding hydrogens is 253 g/mol. The van der Waals surface area contributed by atoms with Crippen LogP contribution in [0.5, 0.6) is 0 Å². The van der Waals surface area contributed by atoms with Crippen molar-refractivity contribution in [2.45, 2.75) is 58.3 Å². The molecule has 1 aliphatic heterocycles. The molecule has 0 aromatic heterocycles. The minimum Gasteiger partial charge on any atom is -0.369 e. The maximum absolute atomic E-state index is 13.5. The van der Waals surface area contributed by atoms with Gasteiger partial charge in [-0.2, -0.15) is 0 Å². The minimum atomic E-state index is -0.195. The molecule has 1 aromatic carbocycles. The van der Waals surface area contributed by atoms with E-state index in [1.165, 1.54) is 0 Å². The highest BCUT2D eigenvalue weighted by Crippen LogP contribution is 2.47. The van der Waals surface area contributed by atoms with Crippen LogP contribution in [0.25, 0.3) is 0 Å². The summed E-state index contributed by atoms with van der Waals surface area (Å²) < 4.78 is 19.7. The van der Waals surface area contributed by atoms with E-state index in [9.17, 15) is 4.39 Å². The van der Waals surface area contributed by atoms with Crippen LogP contribution in [0.1, 0.15) is 51.3 Å².